The quantitative estimate of drug-likeness (QED) is 0.725. The first kappa shape index (κ1) is 16.9. The van der Waals surface area contributed by atoms with Crippen LogP contribution in [0.15, 0.2) is 48.7 Å². The number of hydrogen-bond acceptors (Lipinski definition) is 5. The number of aromatic nitrogens is 1. The molecule has 0 bridgehead atoms. The van der Waals surface area contributed by atoms with Crippen LogP contribution in [0.5, 0.6) is 17.2 Å². The minimum atomic E-state index is -4.06. The first-order valence-corrected chi connectivity index (χ1v) is 8.61. The fraction of sp³-hybridized carbons (Fsp3) is 0.0625. The summed E-state index contributed by atoms with van der Waals surface area (Å²) in [6, 6.07) is 10.6. The van der Waals surface area contributed by atoms with Gasteiger partial charge in [-0.2, -0.15) is 8.42 Å². The van der Waals surface area contributed by atoms with E-state index in [2.05, 4.69) is 4.98 Å². The van der Waals surface area contributed by atoms with E-state index in [4.69, 9.17) is 14.6 Å². The van der Waals surface area contributed by atoms with Gasteiger partial charge in [-0.05, 0) is 30.3 Å². The third-order valence-electron chi connectivity index (χ3n) is 3.33. The zero-order chi connectivity index (χ0) is 18.0. The number of methoxy groups -OCH3 is 1. The first-order valence-electron chi connectivity index (χ1n) is 7.06. The lowest BCUT2D eigenvalue weighted by Gasteiger charge is -2.11. The van der Waals surface area contributed by atoms with Gasteiger partial charge in [-0.15, -0.1) is 0 Å². The average Bonchev–Trinajstić information content (AvgIpc) is 2.56. The molecular weight excluding hydrogens is 349 g/mol. The third kappa shape index (κ3) is 3.95. The number of nitrogens with two attached hydrogens (primary N) is 1. The smallest absolute Gasteiger partial charge is 0.296 e. The van der Waals surface area contributed by atoms with Crippen molar-refractivity contribution in [1.82, 2.24) is 4.98 Å². The Balaban J connectivity index is 1.92. The number of pyridine rings is 1. The van der Waals surface area contributed by atoms with Gasteiger partial charge in [-0.1, -0.05) is 0 Å². The first-order chi connectivity index (χ1) is 11.9. The summed E-state index contributed by atoms with van der Waals surface area (Å²) in [5.74, 6) is 0.508. The summed E-state index contributed by atoms with van der Waals surface area (Å²) in [6.45, 7) is 0. The summed E-state index contributed by atoms with van der Waals surface area (Å²) >= 11 is 0. The van der Waals surface area contributed by atoms with Crippen molar-refractivity contribution < 1.29 is 22.3 Å². The Bertz CT molecular complexity index is 1040. The molecular formula is C16H14FN3O4S. The fourth-order valence-electron chi connectivity index (χ4n) is 2.24. The summed E-state index contributed by atoms with van der Waals surface area (Å²) < 4.78 is 48.7. The lowest BCUT2D eigenvalue weighted by Crippen LogP contribution is -2.22. The number of benzene rings is 2. The summed E-state index contributed by atoms with van der Waals surface area (Å²) in [5, 5.41) is 5.55. The van der Waals surface area contributed by atoms with Crippen molar-refractivity contribution in [2.45, 2.75) is 0 Å². The van der Waals surface area contributed by atoms with Gasteiger partial charge in [-0.25, -0.2) is 9.53 Å². The van der Waals surface area contributed by atoms with E-state index in [-0.39, 0.29) is 11.4 Å². The number of anilines is 1. The zero-order valence-electron chi connectivity index (χ0n) is 13.1. The summed E-state index contributed by atoms with van der Waals surface area (Å²) in [7, 11) is -2.50. The van der Waals surface area contributed by atoms with E-state index in [0.717, 1.165) is 11.5 Å². The van der Waals surface area contributed by atoms with Crippen LogP contribution in [-0.4, -0.2) is 20.5 Å². The molecule has 0 saturated carbocycles. The number of ether oxygens (including phenoxy) is 2. The monoisotopic (exact) mass is 363 g/mol. The molecule has 0 saturated heterocycles. The van der Waals surface area contributed by atoms with E-state index >= 15 is 0 Å². The van der Waals surface area contributed by atoms with Crippen LogP contribution in [0.2, 0.25) is 0 Å². The summed E-state index contributed by atoms with van der Waals surface area (Å²) in [6.07, 6.45) is 1.56. The molecule has 130 valence electrons. The van der Waals surface area contributed by atoms with E-state index < -0.39 is 16.0 Å². The average molecular weight is 363 g/mol. The lowest BCUT2D eigenvalue weighted by molar-refractivity contribution is 0.415. The second-order valence-corrected chi connectivity index (χ2v) is 6.38. The molecule has 2 aromatic carbocycles. The third-order valence-corrected chi connectivity index (χ3v) is 3.83. The van der Waals surface area contributed by atoms with Crippen LogP contribution in [-0.2, 0) is 10.2 Å². The number of nitrogens with one attached hydrogen (secondary N) is 1. The molecule has 0 amide bonds. The number of rotatable bonds is 5. The number of hydrogen-bond donors (Lipinski definition) is 2. The molecule has 0 aliphatic heterocycles. The van der Waals surface area contributed by atoms with Gasteiger partial charge in [0.05, 0.1) is 18.3 Å². The molecule has 1 heterocycles. The maximum Gasteiger partial charge on any atom is 0.296 e. The van der Waals surface area contributed by atoms with Crippen molar-refractivity contribution in [3.8, 4) is 17.2 Å². The van der Waals surface area contributed by atoms with Gasteiger partial charge in [0.1, 0.15) is 17.2 Å². The number of halogens is 1. The van der Waals surface area contributed by atoms with Crippen LogP contribution < -0.4 is 19.3 Å². The zero-order valence-corrected chi connectivity index (χ0v) is 13.9. The predicted octanol–water partition coefficient (Wildman–Crippen LogP) is 2.79. The minimum Gasteiger partial charge on any atom is -0.497 e. The molecule has 3 N–H and O–H groups in total. The van der Waals surface area contributed by atoms with Crippen molar-refractivity contribution in [3.63, 3.8) is 0 Å². The van der Waals surface area contributed by atoms with Gasteiger partial charge >= 0.3 is 0 Å². The van der Waals surface area contributed by atoms with Crippen LogP contribution in [0.25, 0.3) is 10.9 Å². The SMILES string of the molecule is COc1ccc2c(Oc3ccc(NS(N)(=O)=O)c(F)c3)ccnc2c1. The van der Waals surface area contributed by atoms with Gasteiger partial charge in [0.15, 0.2) is 5.82 Å². The second kappa shape index (κ2) is 6.54. The van der Waals surface area contributed by atoms with E-state index in [1.807, 2.05) is 4.72 Å². The second-order valence-electron chi connectivity index (χ2n) is 5.08. The number of fused-ring (bicyclic) bond motifs is 1. The molecule has 0 radical (unpaired) electrons. The molecule has 0 spiro atoms. The van der Waals surface area contributed by atoms with Gasteiger partial charge in [-0.3, -0.25) is 9.71 Å². The fourth-order valence-corrected chi connectivity index (χ4v) is 2.71. The van der Waals surface area contributed by atoms with Crippen molar-refractivity contribution in [1.29, 1.82) is 0 Å². The van der Waals surface area contributed by atoms with Gasteiger partial charge in [0.25, 0.3) is 10.2 Å². The normalized spacial score (nSPS) is 11.3. The minimum absolute atomic E-state index is 0.195. The van der Waals surface area contributed by atoms with Crippen LogP contribution in [0.3, 0.4) is 0 Å². The topological polar surface area (TPSA) is 104 Å². The van der Waals surface area contributed by atoms with Crippen LogP contribution in [0, 0.1) is 5.82 Å². The Morgan fingerprint density at radius 2 is 1.88 bits per heavy atom. The summed E-state index contributed by atoms with van der Waals surface area (Å²) in [5.41, 5.74) is 0.393. The molecule has 1 aromatic heterocycles. The molecule has 0 aliphatic rings. The van der Waals surface area contributed by atoms with E-state index in [1.165, 1.54) is 12.1 Å². The molecule has 9 heteroatoms. The maximum absolute atomic E-state index is 14.0. The van der Waals surface area contributed by atoms with Crippen molar-refractivity contribution in [2.75, 3.05) is 11.8 Å². The maximum atomic E-state index is 14.0. The Kier molecular flexibility index (Phi) is 4.43. The van der Waals surface area contributed by atoms with Crippen molar-refractivity contribution >= 4 is 26.8 Å². The Labute approximate surface area is 143 Å². The van der Waals surface area contributed by atoms with Crippen LogP contribution >= 0.6 is 0 Å². The molecule has 25 heavy (non-hydrogen) atoms. The van der Waals surface area contributed by atoms with Gasteiger partial charge in [0, 0.05) is 23.7 Å². The van der Waals surface area contributed by atoms with Gasteiger partial charge in [0.2, 0.25) is 0 Å². The number of nitrogens with zero attached hydrogens (tertiary/aromatic N) is 1. The van der Waals surface area contributed by atoms with E-state index in [1.54, 1.807) is 37.6 Å². The molecule has 3 aromatic rings. The molecule has 0 aliphatic carbocycles. The highest BCUT2D eigenvalue weighted by atomic mass is 32.2. The molecule has 3 rings (SSSR count). The summed E-state index contributed by atoms with van der Waals surface area (Å²) in [4.78, 5) is 4.24. The molecule has 0 atom stereocenters. The predicted molar refractivity (Wildman–Crippen MR) is 91.5 cm³/mol. The van der Waals surface area contributed by atoms with Crippen LogP contribution in [0.1, 0.15) is 0 Å². The standard InChI is InChI=1S/C16H14FN3O4S/c1-23-10-2-4-12-15(9-10)19-7-6-16(12)24-11-3-5-14(13(17)8-11)20-25(18,21)22/h2-9,20H,1H3,(H2,18,21,22). The highest BCUT2D eigenvalue weighted by Crippen LogP contribution is 2.32. The largest absolute Gasteiger partial charge is 0.497 e. The molecule has 7 nitrogen and oxygen atoms in total. The van der Waals surface area contributed by atoms with Crippen LogP contribution in [0.4, 0.5) is 10.1 Å². The Hall–Kier alpha value is -2.91. The molecule has 0 fully saturated rings. The van der Waals surface area contributed by atoms with E-state index in [0.29, 0.717) is 17.0 Å². The highest BCUT2D eigenvalue weighted by molar-refractivity contribution is 7.90. The van der Waals surface area contributed by atoms with Crippen molar-refractivity contribution in [3.05, 3.63) is 54.5 Å². The molecule has 0 unspecified atom stereocenters. The lowest BCUT2D eigenvalue weighted by atomic mass is 10.2. The van der Waals surface area contributed by atoms with E-state index in [9.17, 15) is 12.8 Å². The Morgan fingerprint density at radius 3 is 2.56 bits per heavy atom. The Morgan fingerprint density at radius 1 is 1.12 bits per heavy atom. The highest BCUT2D eigenvalue weighted by Gasteiger charge is 2.11. The van der Waals surface area contributed by atoms with Crippen molar-refractivity contribution in [2.24, 2.45) is 5.14 Å². The van der Waals surface area contributed by atoms with Gasteiger partial charge < -0.3 is 9.47 Å².